The topological polar surface area (TPSA) is 88.4 Å². The normalized spacial score (nSPS) is 11.5. The molecular weight excluding hydrogens is 385 g/mol. The van der Waals surface area contributed by atoms with Crippen LogP contribution in [0.5, 0.6) is 0 Å². The first-order valence-corrected chi connectivity index (χ1v) is 8.32. The van der Waals surface area contributed by atoms with Gasteiger partial charge in [0.05, 0.1) is 15.3 Å². The lowest BCUT2D eigenvalue weighted by Gasteiger charge is -2.03. The van der Waals surface area contributed by atoms with Crippen LogP contribution in [0.25, 0.3) is 10.9 Å². The summed E-state index contributed by atoms with van der Waals surface area (Å²) >= 11 is 0.444. The number of carboxylic acid groups (broad SMARTS) is 1. The maximum absolute atomic E-state index is 12.4. The summed E-state index contributed by atoms with van der Waals surface area (Å²) in [5.74, 6) is -2.66. The van der Waals surface area contributed by atoms with Crippen LogP contribution in [0, 0.1) is 0 Å². The number of hydrogen-bond acceptors (Lipinski definition) is 4. The van der Waals surface area contributed by atoms with Gasteiger partial charge < -0.3 is 10.4 Å². The molecule has 0 unspecified atom stereocenters. The predicted octanol–water partition coefficient (Wildman–Crippen LogP) is 3.90. The van der Waals surface area contributed by atoms with Crippen LogP contribution in [0.4, 0.5) is 18.0 Å². The van der Waals surface area contributed by atoms with Gasteiger partial charge in [-0.05, 0) is 23.8 Å². The van der Waals surface area contributed by atoms with Crippen LogP contribution in [-0.2, 0) is 6.54 Å². The van der Waals surface area contributed by atoms with Gasteiger partial charge in [0.2, 0.25) is 0 Å². The average Bonchev–Trinajstić information content (AvgIpc) is 3.23. The van der Waals surface area contributed by atoms with Crippen molar-refractivity contribution in [2.75, 3.05) is 0 Å². The molecule has 1 amide bonds. The number of rotatable bonds is 4. The summed E-state index contributed by atoms with van der Waals surface area (Å²) in [6, 6.07) is 8.79. The lowest BCUT2D eigenvalue weighted by atomic mass is 10.2. The zero-order chi connectivity index (χ0) is 19.8. The van der Waals surface area contributed by atoms with Crippen molar-refractivity contribution in [2.45, 2.75) is 12.7 Å². The van der Waals surface area contributed by atoms with E-state index < -0.39 is 28.8 Å². The summed E-state index contributed by atoms with van der Waals surface area (Å²) in [5, 5.41) is 12.4. The Balaban J connectivity index is 1.77. The largest absolute Gasteiger partial charge is 0.464 e. The number of fused-ring (bicyclic) bond motifs is 1. The molecule has 0 aliphatic heterocycles. The molecule has 2 N–H and O–H groups in total. The van der Waals surface area contributed by atoms with Crippen molar-refractivity contribution in [2.24, 2.45) is 0 Å². The average molecular weight is 396 g/mol. The molecule has 0 fully saturated rings. The van der Waals surface area contributed by atoms with Gasteiger partial charge in [-0.1, -0.05) is 18.2 Å². The molecule has 10 heteroatoms. The third-order valence-electron chi connectivity index (χ3n) is 3.75. The van der Waals surface area contributed by atoms with Gasteiger partial charge in [-0.15, -0.1) is 11.3 Å². The van der Waals surface area contributed by atoms with Gasteiger partial charge >= 0.3 is 12.3 Å². The first kappa shape index (κ1) is 18.6. The Labute approximate surface area is 153 Å². The number of nitrogens with zero attached hydrogens (tertiary/aromatic N) is 1. The zero-order valence-electron chi connectivity index (χ0n) is 13.4. The molecule has 0 aliphatic carbocycles. The van der Waals surface area contributed by atoms with Crippen molar-refractivity contribution in [3.63, 3.8) is 0 Å². The minimum Gasteiger partial charge on any atom is -0.464 e. The highest BCUT2D eigenvalue weighted by Gasteiger charge is 2.40. The second-order valence-electron chi connectivity index (χ2n) is 5.50. The molecule has 0 radical (unpaired) electrons. The van der Waals surface area contributed by atoms with Crippen LogP contribution in [0.2, 0.25) is 0 Å². The van der Waals surface area contributed by atoms with Crippen molar-refractivity contribution in [1.29, 1.82) is 0 Å². The Kier molecular flexibility index (Phi) is 4.75. The number of Topliss-reactive ketones (excluding diaryl/α,β-unsaturated/α-hetero) is 1. The molecule has 3 rings (SSSR count). The maximum Gasteiger partial charge on any atom is 0.455 e. The van der Waals surface area contributed by atoms with E-state index >= 15 is 0 Å². The number of amides is 1. The van der Waals surface area contributed by atoms with Gasteiger partial charge in [-0.25, -0.2) is 4.79 Å². The van der Waals surface area contributed by atoms with Gasteiger partial charge in [0.25, 0.3) is 11.7 Å². The maximum atomic E-state index is 12.4. The first-order valence-electron chi connectivity index (χ1n) is 7.50. The van der Waals surface area contributed by atoms with E-state index in [9.17, 15) is 32.7 Å². The minimum absolute atomic E-state index is 0.0277. The zero-order valence-corrected chi connectivity index (χ0v) is 14.2. The summed E-state index contributed by atoms with van der Waals surface area (Å²) in [4.78, 5) is 34.0. The molecule has 0 spiro atoms. The third kappa shape index (κ3) is 3.70. The number of para-hydroxylation sites is 1. The number of benzene rings is 1. The molecule has 0 atom stereocenters. The van der Waals surface area contributed by atoms with E-state index in [-0.39, 0.29) is 11.4 Å². The number of carbonyl (C=O) groups excluding carboxylic acids is 2. The van der Waals surface area contributed by atoms with Gasteiger partial charge in [0.1, 0.15) is 0 Å². The van der Waals surface area contributed by atoms with Crippen molar-refractivity contribution in [1.82, 2.24) is 9.88 Å². The van der Waals surface area contributed by atoms with E-state index in [1.807, 2.05) is 0 Å². The summed E-state index contributed by atoms with van der Waals surface area (Å²) in [5.41, 5.74) is 0.980. The van der Waals surface area contributed by atoms with Crippen LogP contribution < -0.4 is 5.32 Å². The fourth-order valence-electron chi connectivity index (χ4n) is 2.53. The minimum atomic E-state index is -5.00. The van der Waals surface area contributed by atoms with Crippen molar-refractivity contribution >= 4 is 40.0 Å². The highest BCUT2D eigenvalue weighted by Crippen LogP contribution is 2.27. The predicted molar refractivity (Wildman–Crippen MR) is 91.2 cm³/mol. The number of thiophene rings is 1. The van der Waals surface area contributed by atoms with E-state index in [1.165, 1.54) is 6.20 Å². The smallest absolute Gasteiger partial charge is 0.455 e. The van der Waals surface area contributed by atoms with Crippen LogP contribution in [0.1, 0.15) is 24.9 Å². The van der Waals surface area contributed by atoms with Crippen LogP contribution in [-0.4, -0.2) is 33.6 Å². The fourth-order valence-corrected chi connectivity index (χ4v) is 3.42. The van der Waals surface area contributed by atoms with E-state index in [1.54, 1.807) is 24.3 Å². The molecule has 27 heavy (non-hydrogen) atoms. The molecule has 1 aromatic carbocycles. The number of alkyl halides is 3. The van der Waals surface area contributed by atoms with Gasteiger partial charge in [0.15, 0.2) is 0 Å². The second-order valence-corrected chi connectivity index (χ2v) is 6.58. The molecule has 3 aromatic rings. The van der Waals surface area contributed by atoms with Crippen molar-refractivity contribution < 1.29 is 32.7 Å². The van der Waals surface area contributed by atoms with E-state index in [0.717, 1.165) is 16.7 Å². The van der Waals surface area contributed by atoms with Crippen molar-refractivity contribution in [3.05, 3.63) is 57.9 Å². The number of hydrogen-bond donors (Lipinski definition) is 2. The SMILES string of the molecule is O=C(NCc1cn(C(=O)O)c2ccccc12)c1ccc(C(=O)C(F)(F)F)s1. The van der Waals surface area contributed by atoms with Crippen molar-refractivity contribution in [3.8, 4) is 0 Å². The van der Waals surface area contributed by atoms with E-state index in [0.29, 0.717) is 27.8 Å². The molecular formula is C17H11F3N2O4S. The van der Waals surface area contributed by atoms with Gasteiger partial charge in [-0.3, -0.25) is 14.2 Å². The monoisotopic (exact) mass is 396 g/mol. The fraction of sp³-hybridized carbons (Fsp3) is 0.118. The number of halogens is 3. The number of ketones is 1. The second kappa shape index (κ2) is 6.88. The van der Waals surface area contributed by atoms with Crippen LogP contribution in [0.15, 0.2) is 42.6 Å². The molecule has 0 aliphatic rings. The number of carbonyl (C=O) groups is 3. The van der Waals surface area contributed by atoms with E-state index in [4.69, 9.17) is 0 Å². The lowest BCUT2D eigenvalue weighted by molar-refractivity contribution is -0.0882. The summed E-state index contributed by atoms with van der Waals surface area (Å²) in [6.07, 6.45) is -4.82. The molecule has 140 valence electrons. The highest BCUT2D eigenvalue weighted by atomic mass is 32.1. The Morgan fingerprint density at radius 3 is 2.41 bits per heavy atom. The lowest BCUT2D eigenvalue weighted by Crippen LogP contribution is -2.22. The van der Waals surface area contributed by atoms with E-state index in [2.05, 4.69) is 5.32 Å². The Morgan fingerprint density at radius 2 is 1.74 bits per heavy atom. The van der Waals surface area contributed by atoms with Gasteiger partial charge in [0, 0.05) is 18.1 Å². The molecule has 0 saturated heterocycles. The molecule has 2 heterocycles. The Morgan fingerprint density at radius 1 is 1.07 bits per heavy atom. The van der Waals surface area contributed by atoms with Crippen LogP contribution >= 0.6 is 11.3 Å². The third-order valence-corrected chi connectivity index (χ3v) is 4.83. The quantitative estimate of drug-likeness (QED) is 0.655. The Bertz CT molecular complexity index is 1050. The summed E-state index contributed by atoms with van der Waals surface area (Å²) in [6.45, 7) is -0.0277. The number of nitrogens with one attached hydrogen (secondary N) is 1. The standard InChI is InChI=1S/C17H11F3N2O4S/c18-17(19,20)14(23)12-5-6-13(27-12)15(24)21-7-9-8-22(16(25)26)11-4-2-1-3-10(9)11/h1-6,8H,7H2,(H,21,24)(H,25,26). The number of aromatic nitrogens is 1. The highest BCUT2D eigenvalue weighted by molar-refractivity contribution is 7.16. The first-order chi connectivity index (χ1) is 12.7. The molecule has 2 aromatic heterocycles. The molecule has 6 nitrogen and oxygen atoms in total. The van der Waals surface area contributed by atoms with Gasteiger partial charge in [-0.2, -0.15) is 13.2 Å². The molecule has 0 bridgehead atoms. The summed E-state index contributed by atoms with van der Waals surface area (Å²) < 4.78 is 38.3. The van der Waals surface area contributed by atoms with Crippen LogP contribution in [0.3, 0.4) is 0 Å². The summed E-state index contributed by atoms with van der Waals surface area (Å²) in [7, 11) is 0. The Hall–Kier alpha value is -3.14. The molecule has 0 saturated carbocycles.